The molecule has 3 aromatic rings. The zero-order valence-corrected chi connectivity index (χ0v) is 17.3. The molecule has 0 unspecified atom stereocenters. The van der Waals surface area contributed by atoms with E-state index in [2.05, 4.69) is 15.6 Å². The molecule has 0 saturated carbocycles. The molecule has 0 saturated heterocycles. The molecule has 1 aromatic heterocycles. The van der Waals surface area contributed by atoms with Gasteiger partial charge in [0.1, 0.15) is 17.2 Å². The second-order valence-electron chi connectivity index (χ2n) is 6.69. The topological polar surface area (TPSA) is 116 Å². The summed E-state index contributed by atoms with van der Waals surface area (Å²) in [6.07, 6.45) is 1.62. The van der Waals surface area contributed by atoms with E-state index in [0.29, 0.717) is 40.4 Å². The Kier molecular flexibility index (Phi) is 6.06. The van der Waals surface area contributed by atoms with Gasteiger partial charge in [-0.3, -0.25) is 9.78 Å². The molecular formula is C22H24N4O4. The van der Waals surface area contributed by atoms with Gasteiger partial charge in [0.05, 0.1) is 18.2 Å². The number of primary amides is 1. The molecule has 1 heterocycles. The fourth-order valence-electron chi connectivity index (χ4n) is 3.09. The highest BCUT2D eigenvalue weighted by atomic mass is 16.5. The zero-order valence-electron chi connectivity index (χ0n) is 17.3. The van der Waals surface area contributed by atoms with Crippen LogP contribution in [0.5, 0.6) is 17.2 Å². The molecule has 0 spiro atoms. The zero-order chi connectivity index (χ0) is 21.8. The predicted octanol–water partition coefficient (Wildman–Crippen LogP) is 3.89. The summed E-state index contributed by atoms with van der Waals surface area (Å²) in [7, 11) is 1.47. The first-order chi connectivity index (χ1) is 14.3. The largest absolute Gasteiger partial charge is 0.496 e. The number of hydrogen-bond donors (Lipinski definition) is 3. The number of amides is 3. The van der Waals surface area contributed by atoms with Crippen LogP contribution in [0.1, 0.15) is 28.4 Å². The number of fused-ring (bicyclic) bond motifs is 1. The Morgan fingerprint density at radius 1 is 1.07 bits per heavy atom. The van der Waals surface area contributed by atoms with Crippen LogP contribution in [0, 0.1) is 13.8 Å². The third-order valence-corrected chi connectivity index (χ3v) is 4.83. The molecule has 0 aliphatic carbocycles. The maximum Gasteiger partial charge on any atom is 0.319 e. The normalized spacial score (nSPS) is 10.5. The molecule has 2 aromatic carbocycles. The standard InChI is InChI=1S/C22H24N4O4/c1-5-24-22(28)26-16-6-7-18(13(3)12(16)2)30-19-8-9-25-17-11-20(29-4)15(21(23)27)10-14(17)19/h6-11H,5H2,1-4H3,(H2,23,27)(H2,24,26,28). The van der Waals surface area contributed by atoms with Gasteiger partial charge < -0.3 is 25.8 Å². The van der Waals surface area contributed by atoms with E-state index in [1.807, 2.05) is 20.8 Å². The Bertz CT molecular complexity index is 1130. The first-order valence-corrected chi connectivity index (χ1v) is 9.45. The van der Waals surface area contributed by atoms with Crippen LogP contribution in [0.4, 0.5) is 10.5 Å². The SMILES string of the molecule is CCNC(=O)Nc1ccc(Oc2ccnc3cc(OC)c(C(N)=O)cc23)c(C)c1C. The van der Waals surface area contributed by atoms with Gasteiger partial charge in [0, 0.05) is 29.9 Å². The molecule has 0 radical (unpaired) electrons. The van der Waals surface area contributed by atoms with Gasteiger partial charge in [-0.15, -0.1) is 0 Å². The van der Waals surface area contributed by atoms with Gasteiger partial charge in [-0.05, 0) is 56.2 Å². The number of anilines is 1. The molecule has 3 amide bonds. The number of aromatic nitrogens is 1. The fraction of sp³-hybridized carbons (Fsp3) is 0.227. The first-order valence-electron chi connectivity index (χ1n) is 9.45. The van der Waals surface area contributed by atoms with Gasteiger partial charge >= 0.3 is 6.03 Å². The van der Waals surface area contributed by atoms with E-state index < -0.39 is 5.91 Å². The lowest BCUT2D eigenvalue weighted by Crippen LogP contribution is -2.28. The van der Waals surface area contributed by atoms with Crippen molar-refractivity contribution in [2.45, 2.75) is 20.8 Å². The average Bonchev–Trinajstić information content (AvgIpc) is 2.72. The number of carbonyl (C=O) groups excluding carboxylic acids is 2. The number of pyridine rings is 1. The summed E-state index contributed by atoms with van der Waals surface area (Å²) < 4.78 is 11.4. The number of benzene rings is 2. The number of ether oxygens (including phenoxy) is 2. The van der Waals surface area contributed by atoms with E-state index in [4.69, 9.17) is 15.2 Å². The van der Waals surface area contributed by atoms with Gasteiger partial charge in [0.15, 0.2) is 0 Å². The van der Waals surface area contributed by atoms with Crippen molar-refractivity contribution in [3.63, 3.8) is 0 Å². The third-order valence-electron chi connectivity index (χ3n) is 4.83. The maximum absolute atomic E-state index is 11.8. The minimum absolute atomic E-state index is 0.247. The highest BCUT2D eigenvalue weighted by Crippen LogP contribution is 2.36. The molecule has 0 atom stereocenters. The second kappa shape index (κ2) is 8.69. The number of rotatable bonds is 6. The van der Waals surface area contributed by atoms with Crippen LogP contribution in [0.15, 0.2) is 36.5 Å². The summed E-state index contributed by atoms with van der Waals surface area (Å²) in [6, 6.07) is 8.30. The van der Waals surface area contributed by atoms with Gasteiger partial charge in [-0.1, -0.05) is 0 Å². The van der Waals surface area contributed by atoms with Crippen LogP contribution in [0.25, 0.3) is 10.9 Å². The van der Waals surface area contributed by atoms with Gasteiger partial charge in [-0.2, -0.15) is 0 Å². The molecule has 156 valence electrons. The summed E-state index contributed by atoms with van der Waals surface area (Å²) >= 11 is 0. The monoisotopic (exact) mass is 408 g/mol. The number of hydrogen-bond acceptors (Lipinski definition) is 5. The number of urea groups is 1. The van der Waals surface area contributed by atoms with Crippen molar-refractivity contribution in [3.05, 3.63) is 53.2 Å². The second-order valence-corrected chi connectivity index (χ2v) is 6.69. The average molecular weight is 408 g/mol. The summed E-state index contributed by atoms with van der Waals surface area (Å²) in [5.41, 5.74) is 8.80. The Hall–Kier alpha value is -3.81. The smallest absolute Gasteiger partial charge is 0.319 e. The number of methoxy groups -OCH3 is 1. The number of nitrogens with one attached hydrogen (secondary N) is 2. The molecule has 8 nitrogen and oxygen atoms in total. The minimum atomic E-state index is -0.601. The van der Waals surface area contributed by atoms with E-state index in [0.717, 1.165) is 11.1 Å². The molecule has 0 bridgehead atoms. The van der Waals surface area contributed by atoms with Crippen molar-refractivity contribution in [1.82, 2.24) is 10.3 Å². The van der Waals surface area contributed by atoms with E-state index >= 15 is 0 Å². The highest BCUT2D eigenvalue weighted by molar-refractivity contribution is 6.01. The van der Waals surface area contributed by atoms with Gasteiger partial charge in [0.25, 0.3) is 5.91 Å². The lowest BCUT2D eigenvalue weighted by molar-refractivity contribution is 0.0997. The minimum Gasteiger partial charge on any atom is -0.496 e. The molecule has 3 rings (SSSR count). The Balaban J connectivity index is 2.00. The van der Waals surface area contributed by atoms with Gasteiger partial charge in [-0.25, -0.2) is 4.79 Å². The molecule has 0 aliphatic heterocycles. The van der Waals surface area contributed by atoms with Crippen molar-refractivity contribution in [1.29, 1.82) is 0 Å². The number of nitrogens with zero attached hydrogens (tertiary/aromatic N) is 1. The lowest BCUT2D eigenvalue weighted by atomic mass is 10.1. The highest BCUT2D eigenvalue weighted by Gasteiger charge is 2.16. The molecule has 8 heteroatoms. The van der Waals surface area contributed by atoms with Crippen molar-refractivity contribution in [2.24, 2.45) is 5.73 Å². The fourth-order valence-corrected chi connectivity index (χ4v) is 3.09. The van der Waals surface area contributed by atoms with Crippen LogP contribution >= 0.6 is 0 Å². The van der Waals surface area contributed by atoms with Crippen LogP contribution in [0.3, 0.4) is 0 Å². The van der Waals surface area contributed by atoms with E-state index in [1.165, 1.54) is 7.11 Å². The molecule has 0 fully saturated rings. The lowest BCUT2D eigenvalue weighted by Gasteiger charge is -2.16. The number of carbonyl (C=O) groups is 2. The van der Waals surface area contributed by atoms with Crippen molar-refractivity contribution in [3.8, 4) is 17.2 Å². The predicted molar refractivity (Wildman–Crippen MR) is 115 cm³/mol. The van der Waals surface area contributed by atoms with E-state index in [9.17, 15) is 9.59 Å². The van der Waals surface area contributed by atoms with Crippen molar-refractivity contribution in [2.75, 3.05) is 19.0 Å². The van der Waals surface area contributed by atoms with E-state index in [1.54, 1.807) is 36.5 Å². The third kappa shape index (κ3) is 4.12. The van der Waals surface area contributed by atoms with Crippen molar-refractivity contribution < 1.29 is 19.1 Å². The molecule has 0 aliphatic rings. The molecular weight excluding hydrogens is 384 g/mol. The number of nitrogens with two attached hydrogens (primary N) is 1. The first kappa shape index (κ1) is 20.9. The van der Waals surface area contributed by atoms with Crippen LogP contribution in [-0.2, 0) is 0 Å². The van der Waals surface area contributed by atoms with Crippen LogP contribution in [-0.4, -0.2) is 30.6 Å². The Morgan fingerprint density at radius 3 is 2.50 bits per heavy atom. The summed E-state index contributed by atoms with van der Waals surface area (Å²) in [5, 5.41) is 6.16. The maximum atomic E-state index is 11.8. The van der Waals surface area contributed by atoms with Crippen LogP contribution in [0.2, 0.25) is 0 Å². The summed E-state index contributed by atoms with van der Waals surface area (Å²) in [5.74, 6) is 0.902. The molecule has 4 N–H and O–H groups in total. The van der Waals surface area contributed by atoms with Crippen LogP contribution < -0.4 is 25.8 Å². The van der Waals surface area contributed by atoms with E-state index in [-0.39, 0.29) is 11.6 Å². The van der Waals surface area contributed by atoms with Gasteiger partial charge in [0.2, 0.25) is 0 Å². The molecule has 30 heavy (non-hydrogen) atoms. The Labute approximate surface area is 174 Å². The Morgan fingerprint density at radius 2 is 1.83 bits per heavy atom. The quantitative estimate of drug-likeness (QED) is 0.572. The summed E-state index contributed by atoms with van der Waals surface area (Å²) in [6.45, 7) is 6.21. The summed E-state index contributed by atoms with van der Waals surface area (Å²) in [4.78, 5) is 28.0. The van der Waals surface area contributed by atoms with Crippen molar-refractivity contribution >= 4 is 28.5 Å².